The number of nitrogens with one attached hydrogen (secondary N) is 1. The number of hydrogen-bond acceptors (Lipinski definition) is 4. The average Bonchev–Trinajstić information content (AvgIpc) is 3.14. The van der Waals surface area contributed by atoms with Crippen molar-refractivity contribution in [3.05, 3.63) is 88.9 Å². The normalized spacial score (nSPS) is 10.9. The van der Waals surface area contributed by atoms with Gasteiger partial charge in [0.2, 0.25) is 5.91 Å². The summed E-state index contributed by atoms with van der Waals surface area (Å²) in [5, 5.41) is 4.23. The fourth-order valence-electron chi connectivity index (χ4n) is 3.43. The lowest BCUT2D eigenvalue weighted by atomic mass is 10.2. The Bertz CT molecular complexity index is 1300. The average molecular weight is 479 g/mol. The number of thioether (sulfide) groups is 1. The summed E-state index contributed by atoms with van der Waals surface area (Å²) in [6.45, 7) is 0.637. The van der Waals surface area contributed by atoms with Crippen LogP contribution in [0, 0.1) is 0 Å². The van der Waals surface area contributed by atoms with Crippen LogP contribution >= 0.6 is 23.4 Å². The topological polar surface area (TPSA) is 67.2 Å². The largest absolute Gasteiger partial charge is 0.345 e. The summed E-state index contributed by atoms with van der Waals surface area (Å²) in [6, 6.07) is 22.6. The predicted octanol–water partition coefficient (Wildman–Crippen LogP) is 5.17. The van der Waals surface area contributed by atoms with Crippen LogP contribution in [0.3, 0.4) is 0 Å². The van der Waals surface area contributed by atoms with Crippen LogP contribution in [0.2, 0.25) is 5.02 Å². The molecule has 168 valence electrons. The Morgan fingerprint density at radius 2 is 1.82 bits per heavy atom. The fourth-order valence-corrected chi connectivity index (χ4v) is 4.41. The van der Waals surface area contributed by atoms with Gasteiger partial charge in [-0.15, -0.1) is 0 Å². The zero-order valence-electron chi connectivity index (χ0n) is 18.3. The lowest BCUT2D eigenvalue weighted by Crippen LogP contribution is -2.22. The maximum Gasteiger partial charge on any atom is 0.253 e. The molecular formula is C25H23ClN4O2S. The van der Waals surface area contributed by atoms with Gasteiger partial charge < -0.3 is 14.8 Å². The van der Waals surface area contributed by atoms with Crippen LogP contribution in [0.25, 0.3) is 11.0 Å². The van der Waals surface area contributed by atoms with Crippen LogP contribution < -0.4 is 5.32 Å². The van der Waals surface area contributed by atoms with Crippen molar-refractivity contribution in [3.63, 3.8) is 0 Å². The van der Waals surface area contributed by atoms with Gasteiger partial charge in [-0.1, -0.05) is 59.8 Å². The zero-order valence-corrected chi connectivity index (χ0v) is 19.9. The third-order valence-electron chi connectivity index (χ3n) is 4.99. The number of amides is 2. The molecule has 6 nitrogen and oxygen atoms in total. The Balaban J connectivity index is 1.51. The summed E-state index contributed by atoms with van der Waals surface area (Å²) in [4.78, 5) is 31.0. The summed E-state index contributed by atoms with van der Waals surface area (Å²) in [5.41, 5.74) is 3.99. The first-order chi connectivity index (χ1) is 15.9. The van der Waals surface area contributed by atoms with Gasteiger partial charge in [0.15, 0.2) is 5.16 Å². The first-order valence-corrected chi connectivity index (χ1v) is 11.7. The summed E-state index contributed by atoms with van der Waals surface area (Å²) in [5.74, 6) is -0.114. The number of aromatic nitrogens is 2. The molecule has 3 aromatic carbocycles. The molecule has 0 fully saturated rings. The molecule has 1 aromatic heterocycles. The molecular weight excluding hydrogens is 456 g/mol. The van der Waals surface area contributed by atoms with Gasteiger partial charge in [0.1, 0.15) is 0 Å². The van der Waals surface area contributed by atoms with Crippen LogP contribution in [0.15, 0.2) is 78.0 Å². The molecule has 4 rings (SSSR count). The molecule has 0 bridgehead atoms. The zero-order chi connectivity index (χ0) is 23.4. The first-order valence-electron chi connectivity index (χ1n) is 10.3. The Morgan fingerprint density at radius 1 is 1.03 bits per heavy atom. The molecule has 33 heavy (non-hydrogen) atoms. The van der Waals surface area contributed by atoms with Crippen molar-refractivity contribution in [1.82, 2.24) is 14.5 Å². The van der Waals surface area contributed by atoms with E-state index in [2.05, 4.69) is 22.0 Å². The van der Waals surface area contributed by atoms with Gasteiger partial charge in [0.05, 0.1) is 23.3 Å². The van der Waals surface area contributed by atoms with E-state index in [4.69, 9.17) is 16.6 Å². The quantitative estimate of drug-likeness (QED) is 0.372. The number of rotatable bonds is 7. The second kappa shape index (κ2) is 10.1. The number of carbonyl (C=O) groups is 2. The highest BCUT2D eigenvalue weighted by Gasteiger charge is 2.15. The monoisotopic (exact) mass is 478 g/mol. The van der Waals surface area contributed by atoms with E-state index in [1.54, 1.807) is 38.4 Å². The molecule has 0 unspecified atom stereocenters. The van der Waals surface area contributed by atoms with Gasteiger partial charge in [-0.2, -0.15) is 0 Å². The maximum absolute atomic E-state index is 12.7. The Kier molecular flexibility index (Phi) is 7.01. The molecule has 1 heterocycles. The Hall–Kier alpha value is -3.29. The third-order valence-corrected chi connectivity index (χ3v) is 6.20. The van der Waals surface area contributed by atoms with Crippen molar-refractivity contribution in [2.24, 2.45) is 0 Å². The van der Waals surface area contributed by atoms with Crippen molar-refractivity contribution in [1.29, 1.82) is 0 Å². The standard InChI is InChI=1S/C25H23ClN4O2S/c1-29(2)24(32)18-9-6-10-20(13-18)27-23(31)16-33-25-28-21-14-19(26)11-12-22(21)30(25)15-17-7-4-3-5-8-17/h3-14H,15-16H2,1-2H3,(H,27,31). The number of halogens is 1. The molecule has 0 aliphatic rings. The third kappa shape index (κ3) is 5.56. The minimum atomic E-state index is -0.175. The molecule has 2 amide bonds. The highest BCUT2D eigenvalue weighted by atomic mass is 35.5. The molecule has 1 N–H and O–H groups in total. The SMILES string of the molecule is CN(C)C(=O)c1cccc(NC(=O)CSc2nc3cc(Cl)ccc3n2Cc2ccccc2)c1. The molecule has 0 saturated carbocycles. The van der Waals surface area contributed by atoms with Crippen LogP contribution in [-0.4, -0.2) is 46.1 Å². The molecule has 0 spiro atoms. The highest BCUT2D eigenvalue weighted by molar-refractivity contribution is 7.99. The lowest BCUT2D eigenvalue weighted by Gasteiger charge is -2.12. The van der Waals surface area contributed by atoms with Crippen LogP contribution in [0.1, 0.15) is 15.9 Å². The van der Waals surface area contributed by atoms with E-state index in [-0.39, 0.29) is 17.6 Å². The predicted molar refractivity (Wildman–Crippen MR) is 134 cm³/mol. The molecule has 0 radical (unpaired) electrons. The van der Waals surface area contributed by atoms with Crippen molar-refractivity contribution < 1.29 is 9.59 Å². The summed E-state index contributed by atoms with van der Waals surface area (Å²) in [7, 11) is 3.39. The highest BCUT2D eigenvalue weighted by Crippen LogP contribution is 2.27. The summed E-state index contributed by atoms with van der Waals surface area (Å²) < 4.78 is 2.09. The molecule has 8 heteroatoms. The molecule has 0 atom stereocenters. The molecule has 0 aliphatic heterocycles. The van der Waals surface area contributed by atoms with E-state index in [1.807, 2.05) is 36.4 Å². The number of benzene rings is 3. The minimum Gasteiger partial charge on any atom is -0.345 e. The van der Waals surface area contributed by atoms with E-state index in [9.17, 15) is 9.59 Å². The number of hydrogen-bond donors (Lipinski definition) is 1. The lowest BCUT2D eigenvalue weighted by molar-refractivity contribution is -0.113. The smallest absolute Gasteiger partial charge is 0.253 e. The van der Waals surface area contributed by atoms with Crippen molar-refractivity contribution >= 4 is 51.9 Å². The Labute approximate surface area is 201 Å². The van der Waals surface area contributed by atoms with E-state index in [0.29, 0.717) is 22.8 Å². The van der Waals surface area contributed by atoms with Gasteiger partial charge in [0.25, 0.3) is 5.91 Å². The first kappa shape index (κ1) is 22.9. The van der Waals surface area contributed by atoms with E-state index in [1.165, 1.54) is 16.7 Å². The summed E-state index contributed by atoms with van der Waals surface area (Å²) >= 11 is 7.53. The van der Waals surface area contributed by atoms with Gasteiger partial charge in [-0.3, -0.25) is 9.59 Å². The van der Waals surface area contributed by atoms with E-state index >= 15 is 0 Å². The van der Waals surface area contributed by atoms with Crippen molar-refractivity contribution in [2.75, 3.05) is 25.2 Å². The number of fused-ring (bicyclic) bond motifs is 1. The minimum absolute atomic E-state index is 0.117. The molecule has 4 aromatic rings. The van der Waals surface area contributed by atoms with Crippen LogP contribution in [0.5, 0.6) is 0 Å². The Morgan fingerprint density at radius 3 is 2.58 bits per heavy atom. The van der Waals surface area contributed by atoms with E-state index in [0.717, 1.165) is 21.8 Å². The fraction of sp³-hybridized carbons (Fsp3) is 0.160. The number of nitrogens with zero attached hydrogens (tertiary/aromatic N) is 3. The van der Waals surface area contributed by atoms with Gasteiger partial charge >= 0.3 is 0 Å². The van der Waals surface area contributed by atoms with Gasteiger partial charge in [0, 0.05) is 30.4 Å². The number of carbonyl (C=O) groups excluding carboxylic acids is 2. The van der Waals surface area contributed by atoms with Crippen molar-refractivity contribution in [3.8, 4) is 0 Å². The maximum atomic E-state index is 12.7. The molecule has 0 aliphatic carbocycles. The molecule has 0 saturated heterocycles. The second-order valence-electron chi connectivity index (χ2n) is 7.72. The van der Waals surface area contributed by atoms with Crippen molar-refractivity contribution in [2.45, 2.75) is 11.7 Å². The van der Waals surface area contributed by atoms with E-state index < -0.39 is 0 Å². The van der Waals surface area contributed by atoms with Gasteiger partial charge in [-0.05, 0) is 42.0 Å². The summed E-state index contributed by atoms with van der Waals surface area (Å²) in [6.07, 6.45) is 0. The second-order valence-corrected chi connectivity index (χ2v) is 9.10. The number of imidazole rings is 1. The van der Waals surface area contributed by atoms with Crippen LogP contribution in [0.4, 0.5) is 5.69 Å². The van der Waals surface area contributed by atoms with Crippen LogP contribution in [-0.2, 0) is 11.3 Å². The number of anilines is 1. The van der Waals surface area contributed by atoms with Gasteiger partial charge in [-0.25, -0.2) is 4.98 Å².